The second-order valence-corrected chi connectivity index (χ2v) is 6.45. The molecular formula is C17H17BrFN3O2. The van der Waals surface area contributed by atoms with Crippen molar-refractivity contribution in [2.45, 2.75) is 13.1 Å². The Labute approximate surface area is 147 Å². The first-order chi connectivity index (χ1) is 11.3. The van der Waals surface area contributed by atoms with Crippen molar-refractivity contribution in [3.63, 3.8) is 0 Å². The molecule has 24 heavy (non-hydrogen) atoms. The highest BCUT2D eigenvalue weighted by Crippen LogP contribution is 2.31. The molecule has 1 aromatic carbocycles. The summed E-state index contributed by atoms with van der Waals surface area (Å²) in [5.41, 5.74) is 1.06. The van der Waals surface area contributed by atoms with Gasteiger partial charge in [0.25, 0.3) is 0 Å². The SMILES string of the molecule is CC(F)COc1cc2cc(C(=O)/C(C#N)=C/N(C)C)[nH]c2cc1Br. The molecule has 0 bridgehead atoms. The lowest BCUT2D eigenvalue weighted by Crippen LogP contribution is -2.09. The summed E-state index contributed by atoms with van der Waals surface area (Å²) in [6, 6.07) is 7.03. The number of fused-ring (bicyclic) bond motifs is 1. The Morgan fingerprint density at radius 2 is 2.21 bits per heavy atom. The van der Waals surface area contributed by atoms with E-state index in [1.807, 2.05) is 6.07 Å². The Kier molecular flexibility index (Phi) is 5.62. The largest absolute Gasteiger partial charge is 0.489 e. The summed E-state index contributed by atoms with van der Waals surface area (Å²) in [5, 5.41) is 9.89. The third kappa shape index (κ3) is 4.15. The molecular weight excluding hydrogens is 377 g/mol. The van der Waals surface area contributed by atoms with Gasteiger partial charge in [-0.15, -0.1) is 0 Å². The zero-order valence-electron chi connectivity index (χ0n) is 13.6. The molecule has 5 nitrogen and oxygen atoms in total. The number of nitriles is 1. The molecule has 0 aliphatic heterocycles. The number of H-pyrrole nitrogens is 1. The van der Waals surface area contributed by atoms with E-state index in [2.05, 4.69) is 20.9 Å². The minimum Gasteiger partial charge on any atom is -0.489 e. The van der Waals surface area contributed by atoms with Crippen LogP contribution in [0.1, 0.15) is 17.4 Å². The molecule has 1 aromatic heterocycles. The Morgan fingerprint density at radius 3 is 2.79 bits per heavy atom. The van der Waals surface area contributed by atoms with Crippen LogP contribution < -0.4 is 4.74 Å². The third-order valence-corrected chi connectivity index (χ3v) is 3.76. The van der Waals surface area contributed by atoms with Crippen molar-refractivity contribution >= 4 is 32.6 Å². The molecule has 0 saturated carbocycles. The second kappa shape index (κ2) is 7.49. The van der Waals surface area contributed by atoms with Crippen LogP contribution in [0.4, 0.5) is 4.39 Å². The van der Waals surface area contributed by atoms with Crippen molar-refractivity contribution in [2.24, 2.45) is 0 Å². The van der Waals surface area contributed by atoms with E-state index >= 15 is 0 Å². The van der Waals surface area contributed by atoms with Crippen molar-refractivity contribution in [1.29, 1.82) is 5.26 Å². The first kappa shape index (κ1) is 18.0. The monoisotopic (exact) mass is 393 g/mol. The lowest BCUT2D eigenvalue weighted by Gasteiger charge is -2.08. The predicted octanol–water partition coefficient (Wildman–Crippen LogP) is 3.82. The smallest absolute Gasteiger partial charge is 0.221 e. The number of hydrogen-bond acceptors (Lipinski definition) is 4. The van der Waals surface area contributed by atoms with Crippen LogP contribution in [0.15, 0.2) is 34.4 Å². The van der Waals surface area contributed by atoms with Gasteiger partial charge in [0.15, 0.2) is 0 Å². The lowest BCUT2D eigenvalue weighted by molar-refractivity contribution is 0.103. The molecule has 1 unspecified atom stereocenters. The quantitative estimate of drug-likeness (QED) is 0.460. The van der Waals surface area contributed by atoms with Gasteiger partial charge in [0, 0.05) is 31.2 Å². The summed E-state index contributed by atoms with van der Waals surface area (Å²) < 4.78 is 19.0. The summed E-state index contributed by atoms with van der Waals surface area (Å²) in [7, 11) is 3.48. The van der Waals surface area contributed by atoms with Gasteiger partial charge in [-0.25, -0.2) is 4.39 Å². The minimum absolute atomic E-state index is 0.0355. The topological polar surface area (TPSA) is 69.1 Å². The van der Waals surface area contributed by atoms with E-state index in [4.69, 9.17) is 10.00 Å². The van der Waals surface area contributed by atoms with Crippen LogP contribution in [-0.2, 0) is 0 Å². The van der Waals surface area contributed by atoms with Crippen LogP contribution in [0.2, 0.25) is 0 Å². The summed E-state index contributed by atoms with van der Waals surface area (Å²) >= 11 is 3.37. The summed E-state index contributed by atoms with van der Waals surface area (Å²) in [6.45, 7) is 1.37. The Bertz CT molecular complexity index is 834. The van der Waals surface area contributed by atoms with Gasteiger partial charge >= 0.3 is 0 Å². The van der Waals surface area contributed by atoms with Gasteiger partial charge in [-0.2, -0.15) is 5.26 Å². The molecule has 0 saturated heterocycles. The van der Waals surface area contributed by atoms with Gasteiger partial charge in [0.05, 0.1) is 10.2 Å². The van der Waals surface area contributed by atoms with E-state index < -0.39 is 12.0 Å². The molecule has 2 aromatic rings. The molecule has 1 N–H and O–H groups in total. The van der Waals surface area contributed by atoms with Crippen molar-refractivity contribution < 1.29 is 13.9 Å². The fraction of sp³-hybridized carbons (Fsp3) is 0.294. The number of halogens is 2. The van der Waals surface area contributed by atoms with Crippen molar-refractivity contribution in [3.8, 4) is 11.8 Å². The predicted molar refractivity (Wildman–Crippen MR) is 93.8 cm³/mol. The number of alkyl halides is 1. The highest BCUT2D eigenvalue weighted by molar-refractivity contribution is 9.10. The minimum atomic E-state index is -1.08. The van der Waals surface area contributed by atoms with E-state index in [1.54, 1.807) is 37.2 Å². The molecule has 0 aliphatic carbocycles. The number of benzene rings is 1. The van der Waals surface area contributed by atoms with Crippen LogP contribution in [0.25, 0.3) is 10.9 Å². The number of nitrogens with zero attached hydrogens (tertiary/aromatic N) is 2. The normalized spacial score (nSPS) is 12.8. The molecule has 2 rings (SSSR count). The average molecular weight is 394 g/mol. The van der Waals surface area contributed by atoms with E-state index in [9.17, 15) is 9.18 Å². The van der Waals surface area contributed by atoms with Gasteiger partial charge in [-0.1, -0.05) is 0 Å². The van der Waals surface area contributed by atoms with Crippen LogP contribution >= 0.6 is 15.9 Å². The molecule has 1 heterocycles. The number of nitrogens with one attached hydrogen (secondary N) is 1. The van der Waals surface area contributed by atoms with Crippen LogP contribution in [0.3, 0.4) is 0 Å². The van der Waals surface area contributed by atoms with Gasteiger partial charge in [0.1, 0.15) is 30.2 Å². The second-order valence-electron chi connectivity index (χ2n) is 5.59. The van der Waals surface area contributed by atoms with E-state index in [0.717, 1.165) is 5.39 Å². The fourth-order valence-electron chi connectivity index (χ4n) is 2.11. The third-order valence-electron chi connectivity index (χ3n) is 3.14. The van der Waals surface area contributed by atoms with Crippen molar-refractivity contribution in [3.05, 3.63) is 40.1 Å². The average Bonchev–Trinajstić information content (AvgIpc) is 2.91. The summed E-state index contributed by atoms with van der Waals surface area (Å²) in [6.07, 6.45) is 0.395. The van der Waals surface area contributed by atoms with Gasteiger partial charge in [0.2, 0.25) is 5.78 Å². The first-order valence-corrected chi connectivity index (χ1v) is 8.03. The number of carbonyl (C=O) groups excluding carboxylic acids is 1. The Morgan fingerprint density at radius 1 is 1.50 bits per heavy atom. The van der Waals surface area contributed by atoms with Gasteiger partial charge < -0.3 is 14.6 Å². The maximum absolute atomic E-state index is 12.9. The van der Waals surface area contributed by atoms with E-state index in [-0.39, 0.29) is 12.2 Å². The highest BCUT2D eigenvalue weighted by Gasteiger charge is 2.16. The number of hydrogen-bond donors (Lipinski definition) is 1. The zero-order valence-corrected chi connectivity index (χ0v) is 15.1. The fourth-order valence-corrected chi connectivity index (χ4v) is 2.57. The lowest BCUT2D eigenvalue weighted by atomic mass is 10.1. The number of aromatic nitrogens is 1. The summed E-state index contributed by atoms with van der Waals surface area (Å²) in [4.78, 5) is 17.1. The van der Waals surface area contributed by atoms with E-state index in [0.29, 0.717) is 21.4 Å². The van der Waals surface area contributed by atoms with E-state index in [1.165, 1.54) is 13.1 Å². The zero-order chi connectivity index (χ0) is 17.9. The maximum Gasteiger partial charge on any atom is 0.221 e. The number of ketones is 1. The number of ether oxygens (including phenoxy) is 1. The van der Waals surface area contributed by atoms with Crippen LogP contribution in [0, 0.1) is 11.3 Å². The number of rotatable bonds is 6. The van der Waals surface area contributed by atoms with Crippen molar-refractivity contribution in [2.75, 3.05) is 20.7 Å². The van der Waals surface area contributed by atoms with Gasteiger partial charge in [-0.3, -0.25) is 4.79 Å². The van der Waals surface area contributed by atoms with Crippen LogP contribution in [-0.4, -0.2) is 42.5 Å². The maximum atomic E-state index is 12.9. The number of Topliss-reactive ketones (excluding diaryl/α,β-unsaturated/α-hetero) is 1. The Balaban J connectivity index is 2.38. The van der Waals surface area contributed by atoms with Crippen LogP contribution in [0.5, 0.6) is 5.75 Å². The molecule has 1 atom stereocenters. The Hall–Kier alpha value is -2.33. The summed E-state index contributed by atoms with van der Waals surface area (Å²) in [5.74, 6) is 0.104. The number of carbonyl (C=O) groups is 1. The number of aromatic amines is 1. The molecule has 0 radical (unpaired) electrons. The molecule has 0 amide bonds. The molecule has 0 spiro atoms. The van der Waals surface area contributed by atoms with Crippen molar-refractivity contribution in [1.82, 2.24) is 9.88 Å². The van der Waals surface area contributed by atoms with Gasteiger partial charge in [-0.05, 0) is 41.1 Å². The molecule has 7 heteroatoms. The first-order valence-electron chi connectivity index (χ1n) is 7.24. The standard InChI is InChI=1S/C17H17BrFN3O2/c1-10(19)9-24-16-5-11-4-15(21-14(11)6-13(16)18)17(23)12(7-20)8-22(2)3/h4-6,8,10,21H,9H2,1-3H3/b12-8+. The number of allylic oxidation sites excluding steroid dienone is 1. The highest BCUT2D eigenvalue weighted by atomic mass is 79.9. The molecule has 0 aliphatic rings. The molecule has 126 valence electrons. The molecule has 0 fully saturated rings.